The van der Waals surface area contributed by atoms with Crippen LogP contribution in [0.5, 0.6) is 11.5 Å². The molecule has 2 aromatic carbocycles. The summed E-state index contributed by atoms with van der Waals surface area (Å²) in [4.78, 5) is 20.4. The van der Waals surface area contributed by atoms with Gasteiger partial charge in [-0.25, -0.2) is 9.67 Å². The highest BCUT2D eigenvalue weighted by atomic mass is 16.3. The van der Waals surface area contributed by atoms with Crippen molar-refractivity contribution in [3.8, 4) is 17.2 Å². The second kappa shape index (κ2) is 7.09. The number of phenols is 2. The van der Waals surface area contributed by atoms with Crippen molar-refractivity contribution in [2.24, 2.45) is 0 Å². The molecule has 0 radical (unpaired) electrons. The molecule has 0 spiro atoms. The quantitative estimate of drug-likeness (QED) is 0.496. The molecule has 148 valence electrons. The summed E-state index contributed by atoms with van der Waals surface area (Å²) in [6.07, 6.45) is 0.966. The fourth-order valence-corrected chi connectivity index (χ4v) is 3.65. The highest BCUT2D eigenvalue weighted by Gasteiger charge is 2.20. The van der Waals surface area contributed by atoms with Crippen LogP contribution in [0.2, 0.25) is 0 Å². The number of H-pyrrole nitrogens is 1. The van der Waals surface area contributed by atoms with Gasteiger partial charge in [0.25, 0.3) is 5.56 Å². The molecule has 0 aliphatic heterocycles. The van der Waals surface area contributed by atoms with E-state index in [1.165, 1.54) is 0 Å². The summed E-state index contributed by atoms with van der Waals surface area (Å²) in [7, 11) is 0. The number of aromatic hydroxyl groups is 2. The summed E-state index contributed by atoms with van der Waals surface area (Å²) in [6, 6.07) is 10.4. The topological polar surface area (TPSA) is 104 Å². The highest BCUT2D eigenvalue weighted by Crippen LogP contribution is 2.29. The lowest BCUT2D eigenvalue weighted by Crippen LogP contribution is -2.13. The van der Waals surface area contributed by atoms with E-state index < -0.39 is 0 Å². The average Bonchev–Trinajstić information content (AvgIpc) is 3.02. The Bertz CT molecular complexity index is 1250. The van der Waals surface area contributed by atoms with Gasteiger partial charge in [0.05, 0.1) is 5.69 Å². The van der Waals surface area contributed by atoms with Gasteiger partial charge in [0.1, 0.15) is 28.4 Å². The van der Waals surface area contributed by atoms with Crippen LogP contribution in [0.1, 0.15) is 35.1 Å². The van der Waals surface area contributed by atoms with Crippen LogP contribution >= 0.6 is 0 Å². The average molecular weight is 390 g/mol. The Labute approximate surface area is 167 Å². The van der Waals surface area contributed by atoms with E-state index in [2.05, 4.69) is 15.1 Å². The molecule has 0 atom stereocenters. The molecule has 3 N–H and O–H groups in total. The summed E-state index contributed by atoms with van der Waals surface area (Å²) >= 11 is 0. The minimum absolute atomic E-state index is 0.0942. The van der Waals surface area contributed by atoms with Gasteiger partial charge in [0.2, 0.25) is 0 Å². The third-order valence-electron chi connectivity index (χ3n) is 4.94. The largest absolute Gasteiger partial charge is 0.508 e. The van der Waals surface area contributed by atoms with Crippen LogP contribution < -0.4 is 5.56 Å². The maximum absolute atomic E-state index is 12.8. The van der Waals surface area contributed by atoms with Crippen molar-refractivity contribution in [2.75, 3.05) is 0 Å². The third kappa shape index (κ3) is 3.35. The van der Waals surface area contributed by atoms with Crippen LogP contribution in [-0.4, -0.2) is 30.0 Å². The number of aromatic amines is 1. The standard InChI is InChI=1S/C22H22N4O3/c1-4-16-19-21(26(25-16)20-13(3)9-12(2)10-17(20)28)23-18(24-22(19)29)11-14-5-7-15(27)8-6-14/h5-10,27-28H,4,11H2,1-3H3,(H,23,24,29). The number of nitrogens with zero attached hydrogens (tertiary/aromatic N) is 3. The summed E-state index contributed by atoms with van der Waals surface area (Å²) < 4.78 is 1.56. The lowest BCUT2D eigenvalue weighted by Gasteiger charge is -2.11. The summed E-state index contributed by atoms with van der Waals surface area (Å²) in [5.74, 6) is 0.764. The van der Waals surface area contributed by atoms with Gasteiger partial charge >= 0.3 is 0 Å². The van der Waals surface area contributed by atoms with Gasteiger partial charge in [0, 0.05) is 6.42 Å². The van der Waals surface area contributed by atoms with E-state index >= 15 is 0 Å². The molecule has 2 heterocycles. The first kappa shape index (κ1) is 18.7. The Balaban J connectivity index is 1.93. The van der Waals surface area contributed by atoms with Crippen LogP contribution in [0.3, 0.4) is 0 Å². The number of aryl methyl sites for hydroxylation is 3. The maximum Gasteiger partial charge on any atom is 0.262 e. The van der Waals surface area contributed by atoms with Crippen molar-refractivity contribution in [1.82, 2.24) is 19.7 Å². The zero-order chi connectivity index (χ0) is 20.7. The zero-order valence-corrected chi connectivity index (χ0v) is 16.5. The van der Waals surface area contributed by atoms with E-state index in [4.69, 9.17) is 0 Å². The number of hydrogen-bond acceptors (Lipinski definition) is 5. The molecule has 0 saturated carbocycles. The first-order chi connectivity index (χ1) is 13.9. The van der Waals surface area contributed by atoms with E-state index in [0.29, 0.717) is 41.1 Å². The molecule has 0 aliphatic rings. The van der Waals surface area contributed by atoms with Crippen molar-refractivity contribution in [3.05, 3.63) is 75.0 Å². The van der Waals surface area contributed by atoms with Crippen LogP contribution in [0.15, 0.2) is 41.2 Å². The molecule has 0 saturated heterocycles. The fraction of sp³-hybridized carbons (Fsp3) is 0.227. The number of fused-ring (bicyclic) bond motifs is 1. The number of hydrogen-bond donors (Lipinski definition) is 3. The smallest absolute Gasteiger partial charge is 0.262 e. The van der Waals surface area contributed by atoms with Crippen LogP contribution in [0.25, 0.3) is 16.7 Å². The summed E-state index contributed by atoms with van der Waals surface area (Å²) in [5, 5.41) is 25.1. The molecule has 7 heteroatoms. The van der Waals surface area contributed by atoms with Crippen molar-refractivity contribution in [1.29, 1.82) is 0 Å². The molecule has 2 aromatic heterocycles. The zero-order valence-electron chi connectivity index (χ0n) is 16.5. The second-order valence-electron chi connectivity index (χ2n) is 7.22. The van der Waals surface area contributed by atoms with Gasteiger partial charge in [-0.15, -0.1) is 0 Å². The molecule has 0 amide bonds. The van der Waals surface area contributed by atoms with Crippen LogP contribution in [0, 0.1) is 13.8 Å². The SMILES string of the molecule is CCc1nn(-c2c(C)cc(C)cc2O)c2nc(Cc3ccc(O)cc3)[nH]c(=O)c12. The molecular weight excluding hydrogens is 368 g/mol. The lowest BCUT2D eigenvalue weighted by molar-refractivity contribution is 0.469. The van der Waals surface area contributed by atoms with E-state index in [1.807, 2.05) is 26.8 Å². The number of aromatic nitrogens is 4. The monoisotopic (exact) mass is 390 g/mol. The number of benzene rings is 2. The van der Waals surface area contributed by atoms with Crippen LogP contribution in [0.4, 0.5) is 0 Å². The molecule has 0 bridgehead atoms. The van der Waals surface area contributed by atoms with Crippen molar-refractivity contribution in [3.63, 3.8) is 0 Å². The molecular formula is C22H22N4O3. The molecule has 0 unspecified atom stereocenters. The van der Waals surface area contributed by atoms with Gasteiger partial charge in [-0.1, -0.05) is 25.1 Å². The van der Waals surface area contributed by atoms with E-state index in [9.17, 15) is 15.0 Å². The van der Waals surface area contributed by atoms with Gasteiger partial charge in [-0.3, -0.25) is 4.79 Å². The Morgan fingerprint density at radius 1 is 1.10 bits per heavy atom. The Hall–Kier alpha value is -3.61. The first-order valence-electron chi connectivity index (χ1n) is 9.46. The minimum Gasteiger partial charge on any atom is -0.508 e. The van der Waals surface area contributed by atoms with Gasteiger partial charge < -0.3 is 15.2 Å². The molecule has 0 aliphatic carbocycles. The maximum atomic E-state index is 12.8. The third-order valence-corrected chi connectivity index (χ3v) is 4.94. The number of nitrogens with one attached hydrogen (secondary N) is 1. The normalized spacial score (nSPS) is 11.3. The van der Waals surface area contributed by atoms with Gasteiger partial charge in [0.15, 0.2) is 5.65 Å². The van der Waals surface area contributed by atoms with E-state index in [0.717, 1.165) is 16.7 Å². The van der Waals surface area contributed by atoms with Crippen molar-refractivity contribution >= 4 is 11.0 Å². The predicted octanol–water partition coefficient (Wildman–Crippen LogP) is 3.29. The van der Waals surface area contributed by atoms with Gasteiger partial charge in [-0.2, -0.15) is 5.10 Å². The number of phenolic OH excluding ortho intramolecular Hbond substituents is 2. The Morgan fingerprint density at radius 2 is 1.83 bits per heavy atom. The highest BCUT2D eigenvalue weighted by molar-refractivity contribution is 5.80. The molecule has 29 heavy (non-hydrogen) atoms. The molecule has 0 fully saturated rings. The number of rotatable bonds is 4. The first-order valence-corrected chi connectivity index (χ1v) is 9.46. The molecule has 4 aromatic rings. The summed E-state index contributed by atoms with van der Waals surface area (Å²) in [6.45, 7) is 5.73. The van der Waals surface area contributed by atoms with E-state index in [-0.39, 0.29) is 17.1 Å². The Kier molecular flexibility index (Phi) is 4.58. The summed E-state index contributed by atoms with van der Waals surface area (Å²) in [5.41, 5.74) is 4.00. The Morgan fingerprint density at radius 3 is 2.48 bits per heavy atom. The minimum atomic E-state index is -0.254. The second-order valence-corrected chi connectivity index (χ2v) is 7.22. The molecule has 7 nitrogen and oxygen atoms in total. The van der Waals surface area contributed by atoms with E-state index in [1.54, 1.807) is 35.0 Å². The predicted molar refractivity (Wildman–Crippen MR) is 111 cm³/mol. The molecule has 4 rings (SSSR count). The van der Waals surface area contributed by atoms with Gasteiger partial charge in [-0.05, 0) is 55.2 Å². The van der Waals surface area contributed by atoms with Crippen molar-refractivity contribution in [2.45, 2.75) is 33.6 Å². The lowest BCUT2D eigenvalue weighted by atomic mass is 10.1. The fourth-order valence-electron chi connectivity index (χ4n) is 3.65. The van der Waals surface area contributed by atoms with Crippen molar-refractivity contribution < 1.29 is 10.2 Å². The van der Waals surface area contributed by atoms with Crippen LogP contribution in [-0.2, 0) is 12.8 Å².